The molecule has 2 atom stereocenters. The van der Waals surface area contributed by atoms with E-state index in [1.165, 1.54) is 0 Å². The Morgan fingerprint density at radius 2 is 1.94 bits per heavy atom. The van der Waals surface area contributed by atoms with Gasteiger partial charge in [0.2, 0.25) is 0 Å². The van der Waals surface area contributed by atoms with Crippen molar-refractivity contribution in [2.75, 3.05) is 31.4 Å². The molecule has 1 saturated carbocycles. The van der Waals surface area contributed by atoms with Gasteiger partial charge in [-0.3, -0.25) is 4.79 Å². The largest absolute Gasteiger partial charge is 0.365 e. The van der Waals surface area contributed by atoms with Gasteiger partial charge in [0.25, 0.3) is 5.91 Å². The first-order valence-electron chi connectivity index (χ1n) is 11.0. The first kappa shape index (κ1) is 22.7. The number of hydrogen-bond acceptors (Lipinski definition) is 7. The molecule has 2 unspecified atom stereocenters. The number of pyridine rings is 2. The van der Waals surface area contributed by atoms with Crippen LogP contribution in [0.5, 0.6) is 0 Å². The summed E-state index contributed by atoms with van der Waals surface area (Å²) >= 11 is 0. The minimum Gasteiger partial charge on any atom is -0.365 e. The Kier molecular flexibility index (Phi) is 6.55. The van der Waals surface area contributed by atoms with E-state index in [2.05, 4.69) is 25.3 Å². The summed E-state index contributed by atoms with van der Waals surface area (Å²) in [5.74, 6) is -0.375. The molecule has 3 heterocycles. The maximum Gasteiger partial charge on any atom is 0.252 e. The summed E-state index contributed by atoms with van der Waals surface area (Å²) in [5, 5.41) is 7.30. The molecule has 174 valence electrons. The van der Waals surface area contributed by atoms with Crippen molar-refractivity contribution in [3.8, 4) is 5.82 Å². The highest BCUT2D eigenvalue weighted by Gasteiger charge is 2.32. The number of anilines is 3. The lowest BCUT2D eigenvalue weighted by molar-refractivity contribution is 0.100. The highest BCUT2D eigenvalue weighted by atomic mass is 19.1. The topological polar surface area (TPSA) is 105 Å². The smallest absolute Gasteiger partial charge is 0.252 e. The SMILES string of the molecule is CN(C)C1CCCCC1N(C)c1nc(Nc2ccnc(-n3cccn3)c2)c(C(N)=O)cc1F. The van der Waals surface area contributed by atoms with Gasteiger partial charge in [-0.05, 0) is 45.1 Å². The molecule has 0 aliphatic heterocycles. The Morgan fingerprint density at radius 3 is 2.61 bits per heavy atom. The van der Waals surface area contributed by atoms with Gasteiger partial charge in [-0.15, -0.1) is 0 Å². The summed E-state index contributed by atoms with van der Waals surface area (Å²) in [5.41, 5.74) is 6.14. The predicted molar refractivity (Wildman–Crippen MR) is 125 cm³/mol. The number of carbonyl (C=O) groups excluding carboxylic acids is 1. The Morgan fingerprint density at radius 1 is 1.18 bits per heavy atom. The Hall–Kier alpha value is -3.53. The van der Waals surface area contributed by atoms with Crippen LogP contribution in [-0.2, 0) is 0 Å². The zero-order valence-corrected chi connectivity index (χ0v) is 19.1. The first-order chi connectivity index (χ1) is 15.8. The zero-order chi connectivity index (χ0) is 23.5. The van der Waals surface area contributed by atoms with Crippen LogP contribution in [0.25, 0.3) is 5.82 Å². The zero-order valence-electron chi connectivity index (χ0n) is 19.1. The van der Waals surface area contributed by atoms with Crippen molar-refractivity contribution in [2.45, 2.75) is 37.8 Å². The molecule has 1 aliphatic rings. The number of primary amides is 1. The number of carbonyl (C=O) groups is 1. The van der Waals surface area contributed by atoms with E-state index in [1.54, 1.807) is 41.5 Å². The van der Waals surface area contributed by atoms with Crippen LogP contribution in [0.15, 0.2) is 42.9 Å². The molecule has 0 bridgehead atoms. The fraction of sp³-hybridized carbons (Fsp3) is 0.391. The summed E-state index contributed by atoms with van der Waals surface area (Å²) in [6.45, 7) is 0. The van der Waals surface area contributed by atoms with E-state index >= 15 is 4.39 Å². The van der Waals surface area contributed by atoms with Crippen LogP contribution in [0.2, 0.25) is 0 Å². The van der Waals surface area contributed by atoms with Crippen molar-refractivity contribution in [1.82, 2.24) is 24.6 Å². The lowest BCUT2D eigenvalue weighted by Gasteiger charge is -2.42. The molecule has 33 heavy (non-hydrogen) atoms. The minimum absolute atomic E-state index is 0.0186. The second kappa shape index (κ2) is 9.53. The van der Waals surface area contributed by atoms with Gasteiger partial charge in [-0.2, -0.15) is 5.10 Å². The first-order valence-corrected chi connectivity index (χ1v) is 11.0. The van der Waals surface area contributed by atoms with Crippen molar-refractivity contribution >= 4 is 23.2 Å². The summed E-state index contributed by atoms with van der Waals surface area (Å²) in [6.07, 6.45) is 9.26. The van der Waals surface area contributed by atoms with Gasteiger partial charge >= 0.3 is 0 Å². The summed E-state index contributed by atoms with van der Waals surface area (Å²) in [6, 6.07) is 6.84. The lowest BCUT2D eigenvalue weighted by atomic mass is 9.88. The molecule has 10 heteroatoms. The number of amides is 1. The van der Waals surface area contributed by atoms with Gasteiger partial charge in [0.05, 0.1) is 5.56 Å². The highest BCUT2D eigenvalue weighted by Crippen LogP contribution is 2.31. The highest BCUT2D eigenvalue weighted by molar-refractivity contribution is 5.98. The molecule has 1 fully saturated rings. The van der Waals surface area contributed by atoms with Crippen molar-refractivity contribution < 1.29 is 9.18 Å². The molecule has 3 N–H and O–H groups in total. The van der Waals surface area contributed by atoms with Crippen molar-refractivity contribution in [3.63, 3.8) is 0 Å². The fourth-order valence-electron chi connectivity index (χ4n) is 4.48. The van der Waals surface area contributed by atoms with Crippen LogP contribution in [-0.4, -0.2) is 63.8 Å². The number of halogens is 1. The van der Waals surface area contributed by atoms with Crippen LogP contribution in [0.4, 0.5) is 21.7 Å². The number of nitrogens with one attached hydrogen (secondary N) is 1. The van der Waals surface area contributed by atoms with E-state index in [0.29, 0.717) is 11.5 Å². The third kappa shape index (κ3) is 4.80. The molecular formula is C23H29FN8O. The minimum atomic E-state index is -0.761. The molecule has 1 aliphatic carbocycles. The molecule has 9 nitrogen and oxygen atoms in total. The van der Waals surface area contributed by atoms with Crippen LogP contribution < -0.4 is 16.0 Å². The number of aromatic nitrogens is 4. The van der Waals surface area contributed by atoms with Gasteiger partial charge in [-0.25, -0.2) is 19.0 Å². The van der Waals surface area contributed by atoms with Crippen LogP contribution in [0.3, 0.4) is 0 Å². The average molecular weight is 453 g/mol. The van der Waals surface area contributed by atoms with E-state index in [4.69, 9.17) is 5.73 Å². The van der Waals surface area contributed by atoms with E-state index in [9.17, 15) is 4.79 Å². The Labute approximate surface area is 192 Å². The normalized spacial score (nSPS) is 18.3. The lowest BCUT2D eigenvalue weighted by Crippen LogP contribution is -2.50. The molecule has 0 radical (unpaired) electrons. The predicted octanol–water partition coefficient (Wildman–Crippen LogP) is 2.95. The Bertz CT molecular complexity index is 1120. The molecule has 1 amide bonds. The van der Waals surface area contributed by atoms with E-state index in [0.717, 1.165) is 31.7 Å². The maximum atomic E-state index is 15.1. The third-order valence-electron chi connectivity index (χ3n) is 6.16. The summed E-state index contributed by atoms with van der Waals surface area (Å²) in [7, 11) is 5.95. The van der Waals surface area contributed by atoms with Crippen LogP contribution >= 0.6 is 0 Å². The monoisotopic (exact) mass is 452 g/mol. The molecule has 0 aromatic carbocycles. The Balaban J connectivity index is 1.69. The summed E-state index contributed by atoms with van der Waals surface area (Å²) in [4.78, 5) is 25.0. The fourth-order valence-corrected chi connectivity index (χ4v) is 4.48. The van der Waals surface area contributed by atoms with Gasteiger partial charge in [0, 0.05) is 49.5 Å². The van der Waals surface area contributed by atoms with E-state index < -0.39 is 11.7 Å². The van der Waals surface area contributed by atoms with Crippen molar-refractivity contribution in [3.05, 3.63) is 54.2 Å². The quantitative estimate of drug-likeness (QED) is 0.568. The van der Waals surface area contributed by atoms with Crippen molar-refractivity contribution in [1.29, 1.82) is 0 Å². The third-order valence-corrected chi connectivity index (χ3v) is 6.16. The van der Waals surface area contributed by atoms with Crippen LogP contribution in [0.1, 0.15) is 36.0 Å². The van der Waals surface area contributed by atoms with Gasteiger partial charge in [0.15, 0.2) is 17.5 Å². The number of rotatable bonds is 7. The van der Waals surface area contributed by atoms with Gasteiger partial charge in [0.1, 0.15) is 5.82 Å². The number of likely N-dealkylation sites (N-methyl/N-ethyl adjacent to an activating group) is 2. The number of nitrogens with two attached hydrogens (primary N) is 1. The second-order valence-corrected chi connectivity index (χ2v) is 8.53. The van der Waals surface area contributed by atoms with E-state index in [-0.39, 0.29) is 29.3 Å². The average Bonchev–Trinajstić information content (AvgIpc) is 3.34. The number of hydrogen-bond donors (Lipinski definition) is 2. The van der Waals surface area contributed by atoms with Crippen LogP contribution in [0, 0.1) is 5.82 Å². The molecule has 3 aromatic heterocycles. The molecule has 0 saturated heterocycles. The molecule has 3 aromatic rings. The van der Waals surface area contributed by atoms with Gasteiger partial charge in [-0.1, -0.05) is 12.8 Å². The summed E-state index contributed by atoms with van der Waals surface area (Å²) < 4.78 is 16.8. The molecule has 4 rings (SSSR count). The van der Waals surface area contributed by atoms with Gasteiger partial charge < -0.3 is 20.9 Å². The van der Waals surface area contributed by atoms with Crippen molar-refractivity contribution in [2.24, 2.45) is 5.73 Å². The molecule has 0 spiro atoms. The number of nitrogens with zero attached hydrogens (tertiary/aromatic N) is 6. The standard InChI is InChI=1S/C23H29FN8O/c1-30(2)18-7-4-5-8-19(18)31(3)23-17(24)14-16(21(25)33)22(29-23)28-15-9-11-26-20(13-15)32-12-6-10-27-32/h6,9-14,18-19H,4-5,7-8H2,1-3H3,(H2,25,33)(H,26,28,29). The molecular weight excluding hydrogens is 423 g/mol. The van der Waals surface area contributed by atoms with E-state index in [1.807, 2.05) is 26.0 Å². The maximum absolute atomic E-state index is 15.1. The second-order valence-electron chi connectivity index (χ2n) is 8.53.